The summed E-state index contributed by atoms with van der Waals surface area (Å²) in [5.41, 5.74) is 4.21. The number of rotatable bonds is 6. The minimum Gasteiger partial charge on any atom is -0.326 e. The minimum absolute atomic E-state index is 0.00472. The van der Waals surface area contributed by atoms with Crippen molar-refractivity contribution in [3.63, 3.8) is 0 Å². The van der Waals surface area contributed by atoms with E-state index in [0.29, 0.717) is 11.4 Å². The number of nitro benzene ring substituents is 1. The molecule has 140 valence electrons. The van der Waals surface area contributed by atoms with Gasteiger partial charge in [0.2, 0.25) is 5.91 Å². The molecule has 0 atom stereocenters. The molecule has 0 aliphatic heterocycles. The Balaban J connectivity index is 1.94. The molecule has 2 aromatic rings. The Bertz CT molecular complexity index is 927. The van der Waals surface area contributed by atoms with Crippen molar-refractivity contribution in [1.82, 2.24) is 5.43 Å². The third-order valence-electron chi connectivity index (χ3n) is 3.47. The zero-order valence-electron chi connectivity index (χ0n) is 14.7. The van der Waals surface area contributed by atoms with Crippen LogP contribution in [0.2, 0.25) is 5.02 Å². The van der Waals surface area contributed by atoms with Crippen LogP contribution in [0.5, 0.6) is 0 Å². The van der Waals surface area contributed by atoms with Crippen molar-refractivity contribution in [1.29, 1.82) is 0 Å². The molecular formula is C18H17ClN4O4. The van der Waals surface area contributed by atoms with E-state index >= 15 is 0 Å². The smallest absolute Gasteiger partial charge is 0.287 e. The Kier molecular flexibility index (Phi) is 6.62. The van der Waals surface area contributed by atoms with Crippen molar-refractivity contribution in [2.24, 2.45) is 5.10 Å². The van der Waals surface area contributed by atoms with Crippen LogP contribution < -0.4 is 10.7 Å². The Hall–Kier alpha value is -3.26. The molecular weight excluding hydrogens is 372 g/mol. The maximum Gasteiger partial charge on any atom is 0.287 e. The lowest BCUT2D eigenvalue weighted by atomic mass is 10.2. The van der Waals surface area contributed by atoms with Crippen LogP contribution >= 0.6 is 11.6 Å². The number of carbonyl (C=O) groups excluding carboxylic acids is 2. The molecule has 0 aromatic heterocycles. The van der Waals surface area contributed by atoms with Gasteiger partial charge in [0.05, 0.1) is 11.3 Å². The van der Waals surface area contributed by atoms with Crippen molar-refractivity contribution in [3.8, 4) is 0 Å². The van der Waals surface area contributed by atoms with E-state index in [9.17, 15) is 19.7 Å². The molecule has 27 heavy (non-hydrogen) atoms. The topological polar surface area (TPSA) is 114 Å². The number of hydrogen-bond acceptors (Lipinski definition) is 5. The van der Waals surface area contributed by atoms with E-state index in [0.717, 1.165) is 11.6 Å². The fourth-order valence-electron chi connectivity index (χ4n) is 2.21. The van der Waals surface area contributed by atoms with Gasteiger partial charge in [-0.25, -0.2) is 5.43 Å². The number of nitrogens with one attached hydrogen (secondary N) is 2. The molecule has 0 saturated carbocycles. The Morgan fingerprint density at radius 3 is 2.59 bits per heavy atom. The fourth-order valence-corrected chi connectivity index (χ4v) is 2.46. The molecule has 2 aromatic carbocycles. The number of benzene rings is 2. The molecule has 0 fully saturated rings. The molecule has 0 bridgehead atoms. The summed E-state index contributed by atoms with van der Waals surface area (Å²) in [6, 6.07) is 11.0. The van der Waals surface area contributed by atoms with Gasteiger partial charge in [-0.15, -0.1) is 0 Å². The van der Waals surface area contributed by atoms with E-state index in [1.807, 2.05) is 25.1 Å². The number of halogens is 1. The third-order valence-corrected chi connectivity index (χ3v) is 3.78. The average Bonchev–Trinajstić information content (AvgIpc) is 2.59. The van der Waals surface area contributed by atoms with E-state index in [1.165, 1.54) is 12.1 Å². The standard InChI is InChI=1S/C18H17ClN4O4/c1-11-4-3-5-14(8-11)20-17(24)9-12(2)21-22-18(25)13-6-7-16(23(26)27)15(19)10-13/h3-8,10H,9H2,1-2H3,(H,20,24)(H,22,25)/b21-12+. The number of carbonyl (C=O) groups is 2. The van der Waals surface area contributed by atoms with Crippen LogP contribution in [0.3, 0.4) is 0 Å². The van der Waals surface area contributed by atoms with Crippen molar-refractivity contribution in [2.75, 3.05) is 5.32 Å². The Morgan fingerprint density at radius 2 is 1.96 bits per heavy atom. The van der Waals surface area contributed by atoms with Crippen LogP contribution in [0.25, 0.3) is 0 Å². The lowest BCUT2D eigenvalue weighted by Crippen LogP contribution is -2.21. The molecule has 0 spiro atoms. The van der Waals surface area contributed by atoms with Crippen LogP contribution in [0, 0.1) is 17.0 Å². The minimum atomic E-state index is -0.640. The fraction of sp³-hybridized carbons (Fsp3) is 0.167. The Morgan fingerprint density at radius 1 is 1.22 bits per heavy atom. The monoisotopic (exact) mass is 388 g/mol. The number of nitro groups is 1. The van der Waals surface area contributed by atoms with Gasteiger partial charge in [0, 0.05) is 23.0 Å². The van der Waals surface area contributed by atoms with Crippen LogP contribution in [0.15, 0.2) is 47.6 Å². The molecule has 8 nitrogen and oxygen atoms in total. The summed E-state index contributed by atoms with van der Waals surface area (Å²) in [4.78, 5) is 34.1. The lowest BCUT2D eigenvalue weighted by molar-refractivity contribution is -0.384. The maximum atomic E-state index is 12.0. The number of anilines is 1. The summed E-state index contributed by atoms with van der Waals surface area (Å²) in [7, 11) is 0. The largest absolute Gasteiger partial charge is 0.326 e. The highest BCUT2D eigenvalue weighted by Crippen LogP contribution is 2.24. The highest BCUT2D eigenvalue weighted by Gasteiger charge is 2.15. The van der Waals surface area contributed by atoms with E-state index in [-0.39, 0.29) is 28.6 Å². The van der Waals surface area contributed by atoms with Crippen molar-refractivity contribution in [2.45, 2.75) is 20.3 Å². The van der Waals surface area contributed by atoms with E-state index in [1.54, 1.807) is 13.0 Å². The zero-order valence-corrected chi connectivity index (χ0v) is 15.4. The van der Waals surface area contributed by atoms with Gasteiger partial charge < -0.3 is 5.32 Å². The van der Waals surface area contributed by atoms with Gasteiger partial charge in [0.1, 0.15) is 5.02 Å². The predicted octanol–water partition coefficient (Wildman–Crippen LogP) is 3.69. The van der Waals surface area contributed by atoms with Crippen LogP contribution in [-0.4, -0.2) is 22.4 Å². The second kappa shape index (κ2) is 8.91. The predicted molar refractivity (Wildman–Crippen MR) is 103 cm³/mol. The van der Waals surface area contributed by atoms with Crippen LogP contribution in [-0.2, 0) is 4.79 Å². The van der Waals surface area contributed by atoms with Crippen molar-refractivity contribution in [3.05, 3.63) is 68.7 Å². The molecule has 9 heteroatoms. The molecule has 0 radical (unpaired) electrons. The first-order valence-corrected chi connectivity index (χ1v) is 8.28. The van der Waals surface area contributed by atoms with Crippen LogP contribution in [0.4, 0.5) is 11.4 Å². The average molecular weight is 389 g/mol. The summed E-state index contributed by atoms with van der Waals surface area (Å²) in [6.07, 6.45) is -0.00472. The van der Waals surface area contributed by atoms with E-state index < -0.39 is 10.8 Å². The highest BCUT2D eigenvalue weighted by molar-refractivity contribution is 6.33. The summed E-state index contributed by atoms with van der Waals surface area (Å²) < 4.78 is 0. The summed E-state index contributed by atoms with van der Waals surface area (Å²) in [5, 5.41) is 17.2. The van der Waals surface area contributed by atoms with Crippen LogP contribution in [0.1, 0.15) is 29.3 Å². The van der Waals surface area contributed by atoms with E-state index in [4.69, 9.17) is 11.6 Å². The van der Waals surface area contributed by atoms with Gasteiger partial charge in [-0.05, 0) is 43.7 Å². The molecule has 2 N–H and O–H groups in total. The molecule has 0 aliphatic rings. The number of hydrogen-bond donors (Lipinski definition) is 2. The number of hydrazone groups is 1. The highest BCUT2D eigenvalue weighted by atomic mass is 35.5. The zero-order chi connectivity index (χ0) is 20.0. The second-order valence-corrected chi connectivity index (χ2v) is 6.21. The van der Waals surface area contributed by atoms with Gasteiger partial charge in [-0.1, -0.05) is 23.7 Å². The first-order valence-electron chi connectivity index (χ1n) is 7.90. The molecule has 0 aliphatic carbocycles. The molecule has 0 saturated heterocycles. The normalized spacial score (nSPS) is 11.0. The van der Waals surface area contributed by atoms with Crippen molar-refractivity contribution >= 4 is 40.5 Å². The molecule has 0 unspecified atom stereocenters. The number of amides is 2. The van der Waals surface area contributed by atoms with Gasteiger partial charge in [-0.3, -0.25) is 19.7 Å². The molecule has 2 amide bonds. The van der Waals surface area contributed by atoms with Gasteiger partial charge in [0.25, 0.3) is 11.6 Å². The van der Waals surface area contributed by atoms with Gasteiger partial charge in [0.15, 0.2) is 0 Å². The third kappa shape index (κ3) is 5.89. The summed E-state index contributed by atoms with van der Waals surface area (Å²) in [6.45, 7) is 3.52. The van der Waals surface area contributed by atoms with Crippen molar-refractivity contribution < 1.29 is 14.5 Å². The second-order valence-electron chi connectivity index (χ2n) is 5.81. The Labute approximate surface area is 160 Å². The maximum absolute atomic E-state index is 12.0. The molecule has 0 heterocycles. The first kappa shape index (κ1) is 20.1. The first-order chi connectivity index (χ1) is 12.8. The quantitative estimate of drug-likeness (QED) is 0.446. The van der Waals surface area contributed by atoms with E-state index in [2.05, 4.69) is 15.8 Å². The number of aryl methyl sites for hydroxylation is 1. The summed E-state index contributed by atoms with van der Waals surface area (Å²) >= 11 is 5.78. The lowest BCUT2D eigenvalue weighted by Gasteiger charge is -2.06. The SMILES string of the molecule is C/C(CC(=O)Nc1cccc(C)c1)=N\NC(=O)c1ccc([N+](=O)[O-])c(Cl)c1. The molecule has 2 rings (SSSR count). The number of nitrogens with zero attached hydrogens (tertiary/aromatic N) is 2. The van der Waals surface area contributed by atoms with Gasteiger partial charge >= 0.3 is 0 Å². The van der Waals surface area contributed by atoms with Gasteiger partial charge in [-0.2, -0.15) is 5.10 Å². The summed E-state index contributed by atoms with van der Waals surface area (Å²) in [5.74, 6) is -0.861.